The first-order valence-corrected chi connectivity index (χ1v) is 6.80. The highest BCUT2D eigenvalue weighted by Gasteiger charge is 2.06. The van der Waals surface area contributed by atoms with Gasteiger partial charge in [0.05, 0.1) is 0 Å². The molecule has 0 spiro atoms. The van der Waals surface area contributed by atoms with Crippen molar-refractivity contribution in [1.82, 2.24) is 5.32 Å². The Kier molecular flexibility index (Phi) is 7.22. The average Bonchev–Trinajstić information content (AvgIpc) is 2.32. The zero-order valence-corrected chi connectivity index (χ0v) is 11.1. The van der Waals surface area contributed by atoms with E-state index in [1.807, 2.05) is 12.1 Å². The lowest BCUT2D eigenvalue weighted by atomic mass is 10.0. The molecule has 1 rings (SSSR count). The lowest BCUT2D eigenvalue weighted by Crippen LogP contribution is -2.22. The zero-order valence-electron chi connectivity index (χ0n) is 10.4. The number of hydrogen-bond acceptors (Lipinski definition) is 1. The normalized spacial score (nSPS) is 12.6. The van der Waals surface area contributed by atoms with E-state index in [4.69, 9.17) is 11.6 Å². The molecule has 0 heterocycles. The van der Waals surface area contributed by atoms with Gasteiger partial charge in [-0.25, -0.2) is 4.39 Å². The summed E-state index contributed by atoms with van der Waals surface area (Å²) >= 11 is 5.78. The molecule has 17 heavy (non-hydrogen) atoms. The number of halogens is 2. The van der Waals surface area contributed by atoms with E-state index < -0.39 is 0 Å². The monoisotopic (exact) mass is 257 g/mol. The van der Waals surface area contributed by atoms with Crippen molar-refractivity contribution in [2.45, 2.75) is 32.7 Å². The van der Waals surface area contributed by atoms with Gasteiger partial charge >= 0.3 is 0 Å². The number of rotatable bonds is 8. The van der Waals surface area contributed by atoms with Gasteiger partial charge in [-0.05, 0) is 43.0 Å². The smallest absolute Gasteiger partial charge is 0.123 e. The lowest BCUT2D eigenvalue weighted by Gasteiger charge is -2.15. The summed E-state index contributed by atoms with van der Waals surface area (Å²) in [5, 5.41) is 3.41. The molecule has 0 bridgehead atoms. The van der Waals surface area contributed by atoms with E-state index in [1.165, 1.54) is 25.0 Å². The van der Waals surface area contributed by atoms with Gasteiger partial charge in [0, 0.05) is 12.4 Å². The molecule has 0 saturated heterocycles. The quantitative estimate of drug-likeness (QED) is 0.695. The molecule has 96 valence electrons. The minimum absolute atomic E-state index is 0.181. The molecular weight excluding hydrogens is 237 g/mol. The van der Waals surface area contributed by atoms with E-state index in [2.05, 4.69) is 12.2 Å². The topological polar surface area (TPSA) is 12.0 Å². The average molecular weight is 258 g/mol. The van der Waals surface area contributed by atoms with Crippen LogP contribution in [0, 0.1) is 11.7 Å². The maximum atomic E-state index is 12.7. The molecule has 1 N–H and O–H groups in total. The summed E-state index contributed by atoms with van der Waals surface area (Å²) in [5.41, 5.74) is 1.12. The Labute approximate surface area is 108 Å². The highest BCUT2D eigenvalue weighted by Crippen LogP contribution is 2.11. The molecule has 0 saturated carbocycles. The summed E-state index contributed by atoms with van der Waals surface area (Å²) in [6.07, 6.45) is 3.47. The van der Waals surface area contributed by atoms with E-state index in [0.717, 1.165) is 31.0 Å². The summed E-state index contributed by atoms with van der Waals surface area (Å²) < 4.78 is 12.7. The van der Waals surface area contributed by atoms with E-state index in [-0.39, 0.29) is 5.82 Å². The summed E-state index contributed by atoms with van der Waals surface area (Å²) in [7, 11) is 0. The molecule has 1 aromatic rings. The Morgan fingerprint density at radius 2 is 1.94 bits per heavy atom. The molecule has 1 aromatic carbocycles. The molecule has 0 aliphatic rings. The fourth-order valence-electron chi connectivity index (χ4n) is 1.93. The largest absolute Gasteiger partial charge is 0.312 e. The number of nitrogens with one attached hydrogen (secondary N) is 1. The standard InChI is InChI=1S/C14H21ClFN/c1-2-3-12(8-9-15)10-17-11-13-4-6-14(16)7-5-13/h4-7,12,17H,2-3,8-11H2,1H3. The van der Waals surface area contributed by atoms with E-state index in [0.29, 0.717) is 5.92 Å². The predicted octanol–water partition coefficient (Wildman–Crippen LogP) is 3.96. The molecule has 1 nitrogen and oxygen atoms in total. The van der Waals surface area contributed by atoms with Crippen molar-refractivity contribution < 1.29 is 4.39 Å². The molecule has 0 aromatic heterocycles. The molecule has 0 amide bonds. The molecule has 3 heteroatoms. The van der Waals surface area contributed by atoms with Gasteiger partial charge in [-0.15, -0.1) is 11.6 Å². The van der Waals surface area contributed by atoms with Crippen LogP contribution >= 0.6 is 11.6 Å². The third kappa shape index (κ3) is 6.04. The van der Waals surface area contributed by atoms with Gasteiger partial charge in [0.2, 0.25) is 0 Å². The van der Waals surface area contributed by atoms with E-state index in [1.54, 1.807) is 0 Å². The molecule has 0 fully saturated rings. The second-order valence-electron chi connectivity index (χ2n) is 4.39. The second-order valence-corrected chi connectivity index (χ2v) is 4.77. The zero-order chi connectivity index (χ0) is 12.5. The van der Waals surface area contributed by atoms with Gasteiger partial charge in [-0.3, -0.25) is 0 Å². The van der Waals surface area contributed by atoms with Gasteiger partial charge in [0.1, 0.15) is 5.82 Å². The highest BCUT2D eigenvalue weighted by molar-refractivity contribution is 6.17. The summed E-state index contributed by atoms with van der Waals surface area (Å²) in [5.74, 6) is 1.20. The van der Waals surface area contributed by atoms with Crippen LogP contribution in [0.4, 0.5) is 4.39 Å². The first kappa shape index (κ1) is 14.5. The predicted molar refractivity (Wildman–Crippen MR) is 71.8 cm³/mol. The fourth-order valence-corrected chi connectivity index (χ4v) is 2.24. The van der Waals surface area contributed by atoms with Crippen molar-refractivity contribution in [3.63, 3.8) is 0 Å². The molecule has 1 atom stereocenters. The Bertz CT molecular complexity index is 294. The van der Waals surface area contributed by atoms with Crippen LogP contribution in [0.2, 0.25) is 0 Å². The Balaban J connectivity index is 2.27. The van der Waals surface area contributed by atoms with Crippen molar-refractivity contribution in [1.29, 1.82) is 0 Å². The van der Waals surface area contributed by atoms with Crippen LogP contribution in [0.15, 0.2) is 24.3 Å². The minimum Gasteiger partial charge on any atom is -0.312 e. The van der Waals surface area contributed by atoms with Crippen LogP contribution in [0.25, 0.3) is 0 Å². The summed E-state index contributed by atoms with van der Waals surface area (Å²) in [4.78, 5) is 0. The van der Waals surface area contributed by atoms with Crippen LogP contribution in [0.5, 0.6) is 0 Å². The van der Waals surface area contributed by atoms with Gasteiger partial charge in [0.25, 0.3) is 0 Å². The molecule has 0 aliphatic carbocycles. The first-order chi connectivity index (χ1) is 8.26. The van der Waals surface area contributed by atoms with Crippen LogP contribution in [-0.2, 0) is 6.54 Å². The molecular formula is C14H21ClFN. The third-order valence-corrected chi connectivity index (χ3v) is 3.11. The van der Waals surface area contributed by atoms with Crippen molar-refractivity contribution in [2.24, 2.45) is 5.92 Å². The molecule has 0 aliphatic heterocycles. The van der Waals surface area contributed by atoms with Gasteiger partial charge in [-0.1, -0.05) is 25.5 Å². The SMILES string of the molecule is CCCC(CCCl)CNCc1ccc(F)cc1. The fraction of sp³-hybridized carbons (Fsp3) is 0.571. The Morgan fingerprint density at radius 1 is 1.24 bits per heavy atom. The second kappa shape index (κ2) is 8.48. The van der Waals surface area contributed by atoms with Gasteiger partial charge < -0.3 is 5.32 Å². The van der Waals surface area contributed by atoms with Crippen LogP contribution in [0.3, 0.4) is 0 Å². The van der Waals surface area contributed by atoms with Crippen molar-refractivity contribution >= 4 is 11.6 Å². The number of hydrogen-bond donors (Lipinski definition) is 1. The van der Waals surface area contributed by atoms with E-state index >= 15 is 0 Å². The van der Waals surface area contributed by atoms with Crippen molar-refractivity contribution in [3.8, 4) is 0 Å². The number of alkyl halides is 1. The van der Waals surface area contributed by atoms with Crippen molar-refractivity contribution in [2.75, 3.05) is 12.4 Å². The van der Waals surface area contributed by atoms with Gasteiger partial charge in [0.15, 0.2) is 0 Å². The van der Waals surface area contributed by atoms with Crippen LogP contribution in [0.1, 0.15) is 31.7 Å². The lowest BCUT2D eigenvalue weighted by molar-refractivity contribution is 0.430. The minimum atomic E-state index is -0.181. The number of benzene rings is 1. The summed E-state index contributed by atoms with van der Waals surface area (Å²) in [6.45, 7) is 3.97. The van der Waals surface area contributed by atoms with Crippen LogP contribution in [-0.4, -0.2) is 12.4 Å². The Morgan fingerprint density at radius 3 is 2.53 bits per heavy atom. The Hall–Kier alpha value is -0.600. The maximum absolute atomic E-state index is 12.7. The maximum Gasteiger partial charge on any atom is 0.123 e. The van der Waals surface area contributed by atoms with E-state index in [9.17, 15) is 4.39 Å². The van der Waals surface area contributed by atoms with Crippen molar-refractivity contribution in [3.05, 3.63) is 35.6 Å². The third-order valence-electron chi connectivity index (χ3n) is 2.89. The molecule has 0 radical (unpaired) electrons. The van der Waals surface area contributed by atoms with Gasteiger partial charge in [-0.2, -0.15) is 0 Å². The first-order valence-electron chi connectivity index (χ1n) is 6.27. The summed E-state index contributed by atoms with van der Waals surface area (Å²) in [6, 6.07) is 6.63. The highest BCUT2D eigenvalue weighted by atomic mass is 35.5. The molecule has 1 unspecified atom stereocenters. The van der Waals surface area contributed by atoms with Crippen LogP contribution < -0.4 is 5.32 Å².